The molecule has 150 valence electrons. The molecule has 28 heavy (non-hydrogen) atoms. The van der Waals surface area contributed by atoms with Crippen molar-refractivity contribution in [2.75, 3.05) is 13.1 Å². The number of likely N-dealkylation sites (tertiary alicyclic amines) is 1. The van der Waals surface area contributed by atoms with Gasteiger partial charge in [0.05, 0.1) is 13.1 Å². The fourth-order valence-electron chi connectivity index (χ4n) is 3.69. The molecule has 1 aliphatic heterocycles. The van der Waals surface area contributed by atoms with Crippen molar-refractivity contribution in [2.24, 2.45) is 0 Å². The number of nitrogens with zero attached hydrogens (tertiary/aromatic N) is 2. The molecule has 0 aromatic heterocycles. The SMILES string of the molecule is CCN(CC(=O)O)C1CC(NC(=O)c2ccc(CN3C(=O)CCC3=O)cc2)C1. The third-order valence-electron chi connectivity index (χ3n) is 5.42. The molecule has 1 saturated heterocycles. The molecule has 0 radical (unpaired) electrons. The second-order valence-corrected chi connectivity index (χ2v) is 7.32. The van der Waals surface area contributed by atoms with Crippen molar-refractivity contribution < 1.29 is 24.3 Å². The molecule has 3 amide bonds. The van der Waals surface area contributed by atoms with Crippen LogP contribution in [0.15, 0.2) is 24.3 Å². The largest absolute Gasteiger partial charge is 0.480 e. The molecule has 1 aromatic rings. The average Bonchev–Trinajstić information content (AvgIpc) is 2.95. The number of likely N-dealkylation sites (N-methyl/N-ethyl adjacent to an activating group) is 1. The van der Waals surface area contributed by atoms with Crippen molar-refractivity contribution in [1.29, 1.82) is 0 Å². The molecular weight excluding hydrogens is 362 g/mol. The van der Waals surface area contributed by atoms with Gasteiger partial charge >= 0.3 is 5.97 Å². The molecule has 1 saturated carbocycles. The van der Waals surface area contributed by atoms with Crippen molar-refractivity contribution >= 4 is 23.7 Å². The minimum Gasteiger partial charge on any atom is -0.480 e. The Bertz CT molecular complexity index is 755. The summed E-state index contributed by atoms with van der Waals surface area (Å²) < 4.78 is 0. The topological polar surface area (TPSA) is 107 Å². The van der Waals surface area contributed by atoms with Gasteiger partial charge in [0.15, 0.2) is 0 Å². The quantitative estimate of drug-likeness (QED) is 0.645. The fraction of sp³-hybridized carbons (Fsp3) is 0.500. The van der Waals surface area contributed by atoms with E-state index in [4.69, 9.17) is 5.11 Å². The Hall–Kier alpha value is -2.74. The number of carbonyl (C=O) groups is 4. The summed E-state index contributed by atoms with van der Waals surface area (Å²) in [5.74, 6) is -1.33. The lowest BCUT2D eigenvalue weighted by Crippen LogP contribution is -2.54. The van der Waals surface area contributed by atoms with Crippen LogP contribution in [0, 0.1) is 0 Å². The van der Waals surface area contributed by atoms with Gasteiger partial charge in [-0.2, -0.15) is 0 Å². The summed E-state index contributed by atoms with van der Waals surface area (Å²) >= 11 is 0. The molecule has 2 fully saturated rings. The van der Waals surface area contributed by atoms with E-state index in [2.05, 4.69) is 5.32 Å². The number of hydrogen-bond acceptors (Lipinski definition) is 5. The molecule has 2 aliphatic rings. The fourth-order valence-corrected chi connectivity index (χ4v) is 3.69. The lowest BCUT2D eigenvalue weighted by Gasteiger charge is -2.42. The lowest BCUT2D eigenvalue weighted by atomic mass is 9.85. The van der Waals surface area contributed by atoms with Crippen molar-refractivity contribution in [3.05, 3.63) is 35.4 Å². The maximum Gasteiger partial charge on any atom is 0.317 e. The minimum atomic E-state index is -0.841. The molecule has 2 N–H and O–H groups in total. The normalized spacial score (nSPS) is 21.7. The summed E-state index contributed by atoms with van der Waals surface area (Å²) in [4.78, 5) is 49.8. The van der Waals surface area contributed by atoms with Crippen LogP contribution in [0.2, 0.25) is 0 Å². The third kappa shape index (κ3) is 4.56. The number of imide groups is 1. The van der Waals surface area contributed by atoms with Gasteiger partial charge in [-0.1, -0.05) is 19.1 Å². The standard InChI is InChI=1S/C20H25N3O5/c1-2-22(12-19(26)27)16-9-15(10-16)21-20(28)14-5-3-13(4-6-14)11-23-17(24)7-8-18(23)25/h3-6,15-16H,2,7-12H2,1H3,(H,21,28)(H,26,27). The average molecular weight is 387 g/mol. The van der Waals surface area contributed by atoms with Crippen LogP contribution in [0.25, 0.3) is 0 Å². The highest BCUT2D eigenvalue weighted by Crippen LogP contribution is 2.26. The maximum atomic E-state index is 12.4. The van der Waals surface area contributed by atoms with Crippen LogP contribution in [-0.4, -0.2) is 63.8 Å². The van der Waals surface area contributed by atoms with Crippen molar-refractivity contribution in [3.63, 3.8) is 0 Å². The number of carbonyl (C=O) groups excluding carboxylic acids is 3. The first-order valence-electron chi connectivity index (χ1n) is 9.56. The monoisotopic (exact) mass is 387 g/mol. The van der Waals surface area contributed by atoms with Gasteiger partial charge < -0.3 is 10.4 Å². The van der Waals surface area contributed by atoms with Crippen molar-refractivity contribution in [1.82, 2.24) is 15.1 Å². The Balaban J connectivity index is 1.48. The van der Waals surface area contributed by atoms with Gasteiger partial charge in [0.25, 0.3) is 5.91 Å². The molecule has 1 heterocycles. The van der Waals surface area contributed by atoms with E-state index in [1.54, 1.807) is 24.3 Å². The van der Waals surface area contributed by atoms with Gasteiger partial charge in [-0.05, 0) is 37.1 Å². The molecule has 8 heteroatoms. The van der Waals surface area contributed by atoms with E-state index < -0.39 is 5.97 Å². The Morgan fingerprint density at radius 3 is 2.29 bits per heavy atom. The minimum absolute atomic E-state index is 0.0192. The molecular formula is C20H25N3O5. The number of hydrogen-bond donors (Lipinski definition) is 2. The number of carboxylic acids is 1. The predicted molar refractivity (Wildman–Crippen MR) is 100 cm³/mol. The lowest BCUT2D eigenvalue weighted by molar-refractivity contribution is -0.140. The van der Waals surface area contributed by atoms with E-state index in [9.17, 15) is 19.2 Å². The van der Waals surface area contributed by atoms with E-state index in [0.29, 0.717) is 12.1 Å². The predicted octanol–water partition coefficient (Wildman–Crippen LogP) is 1.00. The third-order valence-corrected chi connectivity index (χ3v) is 5.42. The Morgan fingerprint density at radius 2 is 1.75 bits per heavy atom. The van der Waals surface area contributed by atoms with E-state index in [1.807, 2.05) is 11.8 Å². The number of rotatable bonds is 8. The van der Waals surface area contributed by atoms with Crippen LogP contribution < -0.4 is 5.32 Å². The van der Waals surface area contributed by atoms with Gasteiger partial charge in [-0.3, -0.25) is 29.0 Å². The van der Waals surface area contributed by atoms with Gasteiger partial charge in [0.1, 0.15) is 0 Å². The smallest absolute Gasteiger partial charge is 0.317 e. The highest BCUT2D eigenvalue weighted by atomic mass is 16.4. The second-order valence-electron chi connectivity index (χ2n) is 7.32. The van der Waals surface area contributed by atoms with Crippen LogP contribution in [0.5, 0.6) is 0 Å². The first kappa shape index (κ1) is 20.0. The number of nitrogens with one attached hydrogen (secondary N) is 1. The summed E-state index contributed by atoms with van der Waals surface area (Å²) in [6.07, 6.45) is 2.02. The molecule has 8 nitrogen and oxygen atoms in total. The van der Waals surface area contributed by atoms with Crippen molar-refractivity contribution in [3.8, 4) is 0 Å². The zero-order chi connectivity index (χ0) is 20.3. The maximum absolute atomic E-state index is 12.4. The van der Waals surface area contributed by atoms with Crippen molar-refractivity contribution in [2.45, 2.75) is 51.2 Å². The van der Waals surface area contributed by atoms with Crippen LogP contribution in [0.1, 0.15) is 48.5 Å². The summed E-state index contributed by atoms with van der Waals surface area (Å²) in [7, 11) is 0. The first-order chi connectivity index (χ1) is 13.4. The molecule has 1 aromatic carbocycles. The highest BCUT2D eigenvalue weighted by Gasteiger charge is 2.34. The molecule has 0 bridgehead atoms. The van der Waals surface area contributed by atoms with Crippen LogP contribution in [0.3, 0.4) is 0 Å². The number of amides is 3. The summed E-state index contributed by atoms with van der Waals surface area (Å²) in [5.41, 5.74) is 1.32. The Kier molecular flexibility index (Phi) is 6.08. The van der Waals surface area contributed by atoms with Gasteiger partial charge in [0, 0.05) is 30.5 Å². The van der Waals surface area contributed by atoms with E-state index in [1.165, 1.54) is 4.90 Å². The van der Waals surface area contributed by atoms with Gasteiger partial charge in [0.2, 0.25) is 11.8 Å². The first-order valence-corrected chi connectivity index (χ1v) is 9.56. The van der Waals surface area contributed by atoms with E-state index in [0.717, 1.165) is 18.4 Å². The number of aliphatic carboxylic acids is 1. The van der Waals surface area contributed by atoms with Gasteiger partial charge in [-0.15, -0.1) is 0 Å². The highest BCUT2D eigenvalue weighted by molar-refractivity contribution is 6.01. The van der Waals surface area contributed by atoms with Crippen LogP contribution in [-0.2, 0) is 20.9 Å². The summed E-state index contributed by atoms with van der Waals surface area (Å²) in [6, 6.07) is 7.11. The summed E-state index contributed by atoms with van der Waals surface area (Å²) in [5, 5.41) is 11.9. The molecule has 0 spiro atoms. The zero-order valence-electron chi connectivity index (χ0n) is 15.9. The molecule has 3 rings (SSSR count). The van der Waals surface area contributed by atoms with Crippen LogP contribution in [0.4, 0.5) is 0 Å². The van der Waals surface area contributed by atoms with E-state index >= 15 is 0 Å². The Morgan fingerprint density at radius 1 is 1.14 bits per heavy atom. The van der Waals surface area contributed by atoms with Gasteiger partial charge in [-0.25, -0.2) is 0 Å². The van der Waals surface area contributed by atoms with E-state index in [-0.39, 0.29) is 55.7 Å². The van der Waals surface area contributed by atoms with Crippen LogP contribution >= 0.6 is 0 Å². The number of benzene rings is 1. The Labute approximate surface area is 163 Å². The summed E-state index contributed by atoms with van der Waals surface area (Å²) in [6.45, 7) is 2.85. The number of carboxylic acid groups (broad SMARTS) is 1. The molecule has 1 aliphatic carbocycles. The second kappa shape index (κ2) is 8.52. The molecule has 0 unspecified atom stereocenters. The molecule has 0 atom stereocenters. The zero-order valence-corrected chi connectivity index (χ0v) is 15.9.